The number of hydrogen-bond donors (Lipinski definition) is 1. The van der Waals surface area contributed by atoms with Crippen molar-refractivity contribution in [3.63, 3.8) is 0 Å². The predicted octanol–water partition coefficient (Wildman–Crippen LogP) is 2.62. The lowest BCUT2D eigenvalue weighted by molar-refractivity contribution is -0.123. The highest BCUT2D eigenvalue weighted by Gasteiger charge is 2.34. The molecule has 0 spiro atoms. The third-order valence-corrected chi connectivity index (χ3v) is 5.37. The van der Waals surface area contributed by atoms with Crippen LogP contribution < -0.4 is 5.32 Å². The molecular formula is C20H26N4O. The van der Waals surface area contributed by atoms with Crippen LogP contribution in [0.3, 0.4) is 0 Å². The molecule has 1 aromatic carbocycles. The Labute approximate surface area is 149 Å². The molecule has 2 aromatic rings. The van der Waals surface area contributed by atoms with Crippen LogP contribution in [-0.4, -0.2) is 39.7 Å². The van der Waals surface area contributed by atoms with Gasteiger partial charge in [-0.05, 0) is 49.8 Å². The molecule has 0 radical (unpaired) electrons. The molecule has 1 aliphatic carbocycles. The number of carbonyl (C=O) groups excluding carboxylic acids is 1. The first kappa shape index (κ1) is 16.3. The minimum absolute atomic E-state index is 0.146. The molecular weight excluding hydrogens is 312 g/mol. The van der Waals surface area contributed by atoms with Crippen LogP contribution in [0.5, 0.6) is 0 Å². The van der Waals surface area contributed by atoms with Crippen molar-refractivity contribution in [3.8, 4) is 0 Å². The van der Waals surface area contributed by atoms with E-state index in [0.29, 0.717) is 18.5 Å². The van der Waals surface area contributed by atoms with Crippen LogP contribution in [0, 0.1) is 5.92 Å². The van der Waals surface area contributed by atoms with E-state index in [1.165, 1.54) is 18.4 Å². The van der Waals surface area contributed by atoms with Crippen molar-refractivity contribution in [2.45, 2.75) is 44.3 Å². The summed E-state index contributed by atoms with van der Waals surface area (Å²) in [5.41, 5.74) is 1.23. The summed E-state index contributed by atoms with van der Waals surface area (Å²) in [4.78, 5) is 15.0. The number of carbonyl (C=O) groups is 1. The van der Waals surface area contributed by atoms with Gasteiger partial charge in [0, 0.05) is 18.4 Å². The topological polar surface area (TPSA) is 50.2 Å². The molecule has 2 atom stereocenters. The van der Waals surface area contributed by atoms with Gasteiger partial charge in [0.15, 0.2) is 0 Å². The standard InChI is InChI=1S/C20H26N4O/c25-19(22-20(17-9-10-17)16-6-2-1-3-7-16)15-23-12-4-8-18(23)14-24-13-5-11-21-24/h1-3,5-7,11,13,17-18,20H,4,8-10,12,14-15H2,(H,22,25)/t18-,20+/m1/s1. The number of hydrogen-bond acceptors (Lipinski definition) is 3. The molecule has 25 heavy (non-hydrogen) atoms. The van der Waals surface area contributed by atoms with Crippen molar-refractivity contribution in [1.82, 2.24) is 20.0 Å². The van der Waals surface area contributed by atoms with Gasteiger partial charge >= 0.3 is 0 Å². The van der Waals surface area contributed by atoms with Crippen molar-refractivity contribution in [2.75, 3.05) is 13.1 Å². The van der Waals surface area contributed by atoms with Gasteiger partial charge in [0.25, 0.3) is 0 Å². The van der Waals surface area contributed by atoms with E-state index in [-0.39, 0.29) is 11.9 Å². The Bertz CT molecular complexity index is 681. The Morgan fingerprint density at radius 3 is 2.76 bits per heavy atom. The quantitative estimate of drug-likeness (QED) is 0.844. The summed E-state index contributed by atoms with van der Waals surface area (Å²) in [5.74, 6) is 0.748. The van der Waals surface area contributed by atoms with Crippen molar-refractivity contribution in [1.29, 1.82) is 0 Å². The fraction of sp³-hybridized carbons (Fsp3) is 0.500. The zero-order chi connectivity index (χ0) is 17.1. The van der Waals surface area contributed by atoms with Gasteiger partial charge in [-0.3, -0.25) is 14.4 Å². The number of rotatable bonds is 7. The van der Waals surface area contributed by atoms with E-state index in [0.717, 1.165) is 25.9 Å². The van der Waals surface area contributed by atoms with Crippen LogP contribution in [0.1, 0.15) is 37.3 Å². The van der Waals surface area contributed by atoms with Gasteiger partial charge < -0.3 is 5.32 Å². The number of aromatic nitrogens is 2. The van der Waals surface area contributed by atoms with E-state index in [4.69, 9.17) is 0 Å². The van der Waals surface area contributed by atoms with E-state index in [1.807, 2.05) is 29.2 Å². The highest BCUT2D eigenvalue weighted by Crippen LogP contribution is 2.40. The van der Waals surface area contributed by atoms with Gasteiger partial charge in [-0.15, -0.1) is 0 Å². The first-order valence-electron chi connectivity index (χ1n) is 9.35. The van der Waals surface area contributed by atoms with Crippen LogP contribution in [0.4, 0.5) is 0 Å². The monoisotopic (exact) mass is 338 g/mol. The third-order valence-electron chi connectivity index (χ3n) is 5.37. The van der Waals surface area contributed by atoms with Crippen LogP contribution in [0.2, 0.25) is 0 Å². The Morgan fingerprint density at radius 1 is 1.20 bits per heavy atom. The number of likely N-dealkylation sites (tertiary alicyclic amines) is 1. The van der Waals surface area contributed by atoms with Gasteiger partial charge in [-0.1, -0.05) is 30.3 Å². The first-order valence-corrected chi connectivity index (χ1v) is 9.35. The molecule has 1 saturated heterocycles. The molecule has 1 N–H and O–H groups in total. The number of benzene rings is 1. The molecule has 1 saturated carbocycles. The summed E-state index contributed by atoms with van der Waals surface area (Å²) in [6, 6.07) is 12.9. The summed E-state index contributed by atoms with van der Waals surface area (Å²) >= 11 is 0. The number of nitrogens with zero attached hydrogens (tertiary/aromatic N) is 3. The first-order chi connectivity index (χ1) is 12.3. The van der Waals surface area contributed by atoms with Crippen LogP contribution in [0.15, 0.2) is 48.8 Å². The van der Waals surface area contributed by atoms with E-state index >= 15 is 0 Å². The highest BCUT2D eigenvalue weighted by atomic mass is 16.2. The predicted molar refractivity (Wildman–Crippen MR) is 96.9 cm³/mol. The third kappa shape index (κ3) is 4.10. The Kier molecular flexibility index (Phi) is 4.83. The van der Waals surface area contributed by atoms with Gasteiger partial charge in [-0.25, -0.2) is 0 Å². The molecule has 5 heteroatoms. The van der Waals surface area contributed by atoms with Gasteiger partial charge in [-0.2, -0.15) is 5.10 Å². The molecule has 1 amide bonds. The second-order valence-electron chi connectivity index (χ2n) is 7.29. The van der Waals surface area contributed by atoms with Crippen molar-refractivity contribution in [2.24, 2.45) is 5.92 Å². The average molecular weight is 338 g/mol. The summed E-state index contributed by atoms with van der Waals surface area (Å²) in [5, 5.41) is 7.60. The largest absolute Gasteiger partial charge is 0.348 e. The maximum atomic E-state index is 12.7. The van der Waals surface area contributed by atoms with E-state index in [9.17, 15) is 4.79 Å². The fourth-order valence-corrected chi connectivity index (χ4v) is 3.90. The summed E-state index contributed by atoms with van der Waals surface area (Å²) in [6.45, 7) is 2.35. The lowest BCUT2D eigenvalue weighted by atomic mass is 10.0. The summed E-state index contributed by atoms with van der Waals surface area (Å²) in [6.07, 6.45) is 8.53. The van der Waals surface area contributed by atoms with Crippen LogP contribution in [0.25, 0.3) is 0 Å². The van der Waals surface area contributed by atoms with Crippen LogP contribution in [-0.2, 0) is 11.3 Å². The molecule has 0 bridgehead atoms. The Balaban J connectivity index is 1.36. The zero-order valence-electron chi connectivity index (χ0n) is 14.6. The van der Waals surface area contributed by atoms with Crippen molar-refractivity contribution >= 4 is 5.91 Å². The Hall–Kier alpha value is -2.14. The molecule has 5 nitrogen and oxygen atoms in total. The molecule has 4 rings (SSSR count). The van der Waals surface area contributed by atoms with Gasteiger partial charge in [0.2, 0.25) is 5.91 Å². The second kappa shape index (κ2) is 7.40. The van der Waals surface area contributed by atoms with E-state index < -0.39 is 0 Å². The molecule has 2 heterocycles. The lowest BCUT2D eigenvalue weighted by Gasteiger charge is -2.26. The van der Waals surface area contributed by atoms with Crippen molar-refractivity contribution < 1.29 is 4.79 Å². The average Bonchev–Trinajstić information content (AvgIpc) is 3.17. The normalized spacial score (nSPS) is 22.0. The highest BCUT2D eigenvalue weighted by molar-refractivity contribution is 5.78. The molecule has 1 aliphatic heterocycles. The van der Waals surface area contributed by atoms with Gasteiger partial charge in [0.05, 0.1) is 19.1 Å². The van der Waals surface area contributed by atoms with Gasteiger partial charge in [0.1, 0.15) is 0 Å². The second-order valence-corrected chi connectivity index (χ2v) is 7.29. The zero-order valence-corrected chi connectivity index (χ0v) is 14.6. The molecule has 0 unspecified atom stereocenters. The minimum atomic E-state index is 0.146. The molecule has 2 fully saturated rings. The number of amides is 1. The smallest absolute Gasteiger partial charge is 0.234 e. The van der Waals surface area contributed by atoms with Crippen molar-refractivity contribution in [3.05, 3.63) is 54.4 Å². The maximum absolute atomic E-state index is 12.7. The fourth-order valence-electron chi connectivity index (χ4n) is 3.90. The summed E-state index contributed by atoms with van der Waals surface area (Å²) < 4.78 is 1.97. The molecule has 2 aliphatic rings. The van der Waals surface area contributed by atoms with E-state index in [1.54, 1.807) is 0 Å². The summed E-state index contributed by atoms with van der Waals surface area (Å²) in [7, 11) is 0. The molecule has 1 aromatic heterocycles. The SMILES string of the molecule is O=C(CN1CCC[C@@H]1Cn1cccn1)N[C@@H](c1ccccc1)C1CC1. The maximum Gasteiger partial charge on any atom is 0.234 e. The van der Waals surface area contributed by atoms with Crippen LogP contribution >= 0.6 is 0 Å². The lowest BCUT2D eigenvalue weighted by Crippen LogP contribution is -2.42. The van der Waals surface area contributed by atoms with E-state index in [2.05, 4.69) is 39.6 Å². The molecule has 132 valence electrons. The minimum Gasteiger partial charge on any atom is -0.348 e. The Morgan fingerprint density at radius 2 is 2.04 bits per heavy atom. The number of nitrogens with one attached hydrogen (secondary N) is 1.